The minimum absolute atomic E-state index is 0.0185. The zero-order chi connectivity index (χ0) is 31.5. The molecule has 1 heterocycles. The average molecular weight is 607 g/mol. The van der Waals surface area contributed by atoms with Crippen LogP contribution in [-0.4, -0.2) is 4.57 Å². The molecule has 1 unspecified atom stereocenters. The van der Waals surface area contributed by atoms with Gasteiger partial charge in [-0.3, -0.25) is 0 Å². The summed E-state index contributed by atoms with van der Waals surface area (Å²) in [6.45, 7) is 4.95. The first-order valence-corrected chi connectivity index (χ1v) is 16.9. The van der Waals surface area contributed by atoms with Gasteiger partial charge in [-0.25, -0.2) is 0 Å². The Hall–Kier alpha value is -5.34. The minimum Gasteiger partial charge on any atom is -0.314 e. The Labute approximate surface area is 277 Å². The zero-order valence-electron chi connectivity index (χ0n) is 27.0. The molecule has 2 nitrogen and oxygen atoms in total. The van der Waals surface area contributed by atoms with Crippen LogP contribution in [0.15, 0.2) is 174 Å². The minimum atomic E-state index is 0.0185. The van der Waals surface area contributed by atoms with Crippen molar-refractivity contribution >= 4 is 38.9 Å². The number of aromatic nitrogens is 1. The van der Waals surface area contributed by atoms with Gasteiger partial charge in [0.1, 0.15) is 0 Å². The zero-order valence-corrected chi connectivity index (χ0v) is 27.0. The highest BCUT2D eigenvalue weighted by Gasteiger charge is 2.46. The molecule has 228 valence electrons. The van der Waals surface area contributed by atoms with Crippen molar-refractivity contribution in [2.75, 3.05) is 4.90 Å². The Morgan fingerprint density at radius 3 is 1.85 bits per heavy atom. The maximum atomic E-state index is 2.54. The van der Waals surface area contributed by atoms with Gasteiger partial charge in [0.2, 0.25) is 0 Å². The van der Waals surface area contributed by atoms with Crippen LogP contribution in [0.25, 0.3) is 38.6 Å². The maximum absolute atomic E-state index is 2.54. The number of fused-ring (bicyclic) bond motifs is 5. The highest BCUT2D eigenvalue weighted by Crippen LogP contribution is 2.58. The van der Waals surface area contributed by atoms with Gasteiger partial charge < -0.3 is 9.47 Å². The van der Waals surface area contributed by atoms with Crippen molar-refractivity contribution < 1.29 is 0 Å². The number of nitrogens with zero attached hydrogens (tertiary/aromatic N) is 2. The Bertz CT molecular complexity index is 2220. The Balaban J connectivity index is 1.11. The molecule has 47 heavy (non-hydrogen) atoms. The average Bonchev–Trinajstić information content (AvgIpc) is 3.58. The van der Waals surface area contributed by atoms with E-state index in [9.17, 15) is 0 Å². The summed E-state index contributed by atoms with van der Waals surface area (Å²) in [6, 6.07) is 48.3. The number of allylic oxidation sites excluding steroid dienone is 8. The van der Waals surface area contributed by atoms with Gasteiger partial charge in [-0.1, -0.05) is 117 Å². The Kier molecular flexibility index (Phi) is 6.47. The third-order valence-corrected chi connectivity index (χ3v) is 10.8. The van der Waals surface area contributed by atoms with Crippen molar-refractivity contribution in [3.05, 3.63) is 174 Å². The smallest absolute Gasteiger partial charge is 0.0537 e. The second-order valence-electron chi connectivity index (χ2n) is 13.7. The fourth-order valence-corrected chi connectivity index (χ4v) is 8.49. The predicted molar refractivity (Wildman–Crippen MR) is 198 cm³/mol. The van der Waals surface area contributed by atoms with Gasteiger partial charge in [-0.15, -0.1) is 0 Å². The van der Waals surface area contributed by atoms with Gasteiger partial charge in [0.25, 0.3) is 0 Å². The van der Waals surface area contributed by atoms with E-state index in [-0.39, 0.29) is 5.41 Å². The second kappa shape index (κ2) is 10.9. The summed E-state index contributed by atoms with van der Waals surface area (Å²) < 4.78 is 2.52. The van der Waals surface area contributed by atoms with Crippen molar-refractivity contribution in [1.29, 1.82) is 0 Å². The molecule has 0 N–H and O–H groups in total. The molecule has 9 rings (SSSR count). The molecule has 0 saturated heterocycles. The SMILES string of the molecule is CC1(C)C2=C(CCC(N(c3ccccc3)c3ccc(-c4ccccc4)cc3)=C2)C2=CC=C(n3c4ccccc4c4ccccc43)CC21. The molecule has 0 radical (unpaired) electrons. The topological polar surface area (TPSA) is 8.17 Å². The van der Waals surface area contributed by atoms with Crippen molar-refractivity contribution in [3.8, 4) is 11.1 Å². The molecule has 3 aliphatic rings. The molecule has 0 fully saturated rings. The summed E-state index contributed by atoms with van der Waals surface area (Å²) in [4.78, 5) is 2.48. The molecule has 1 atom stereocenters. The van der Waals surface area contributed by atoms with Crippen molar-refractivity contribution in [1.82, 2.24) is 4.57 Å². The molecule has 6 aromatic rings. The van der Waals surface area contributed by atoms with Gasteiger partial charge in [-0.2, -0.15) is 0 Å². The quantitative estimate of drug-likeness (QED) is 0.189. The van der Waals surface area contributed by atoms with Crippen LogP contribution in [0.4, 0.5) is 11.4 Å². The molecule has 0 bridgehead atoms. The van der Waals surface area contributed by atoms with Crippen LogP contribution in [0.3, 0.4) is 0 Å². The number of hydrogen-bond acceptors (Lipinski definition) is 1. The molecule has 5 aromatic carbocycles. The van der Waals surface area contributed by atoms with Crippen molar-refractivity contribution in [2.24, 2.45) is 11.3 Å². The van der Waals surface area contributed by atoms with E-state index in [1.54, 1.807) is 11.1 Å². The van der Waals surface area contributed by atoms with Gasteiger partial charge in [0.05, 0.1) is 11.0 Å². The van der Waals surface area contributed by atoms with Crippen LogP contribution in [-0.2, 0) is 0 Å². The summed E-state index contributed by atoms with van der Waals surface area (Å²) in [5, 5.41) is 2.65. The van der Waals surface area contributed by atoms with Crippen LogP contribution in [0.2, 0.25) is 0 Å². The number of rotatable bonds is 5. The third-order valence-electron chi connectivity index (χ3n) is 10.8. The van der Waals surface area contributed by atoms with E-state index in [0.29, 0.717) is 5.92 Å². The second-order valence-corrected chi connectivity index (χ2v) is 13.7. The summed E-state index contributed by atoms with van der Waals surface area (Å²) in [5.41, 5.74) is 14.9. The number of benzene rings is 5. The van der Waals surface area contributed by atoms with Crippen molar-refractivity contribution in [3.63, 3.8) is 0 Å². The van der Waals surface area contributed by atoms with Crippen LogP contribution in [0, 0.1) is 11.3 Å². The monoisotopic (exact) mass is 606 g/mol. The molecular weight excluding hydrogens is 569 g/mol. The fraction of sp³-hybridized carbons (Fsp3) is 0.156. The normalized spacial score (nSPS) is 18.4. The number of para-hydroxylation sites is 3. The summed E-state index contributed by atoms with van der Waals surface area (Å²) in [6.07, 6.45) is 10.5. The lowest BCUT2D eigenvalue weighted by molar-refractivity contribution is 0.337. The fourth-order valence-electron chi connectivity index (χ4n) is 8.49. The molecule has 1 aromatic heterocycles. The molecule has 3 aliphatic carbocycles. The van der Waals surface area contributed by atoms with E-state index in [2.05, 4.69) is 175 Å². The third kappa shape index (κ3) is 4.47. The van der Waals surface area contributed by atoms with E-state index < -0.39 is 0 Å². The molecule has 0 aliphatic heterocycles. The van der Waals surface area contributed by atoms with E-state index in [4.69, 9.17) is 0 Å². The molecular formula is C45H38N2. The van der Waals surface area contributed by atoms with Crippen LogP contribution in [0.1, 0.15) is 33.1 Å². The number of hydrogen-bond donors (Lipinski definition) is 0. The first kappa shape index (κ1) is 27.9. The van der Waals surface area contributed by atoms with E-state index in [1.807, 2.05) is 0 Å². The summed E-state index contributed by atoms with van der Waals surface area (Å²) >= 11 is 0. The van der Waals surface area contributed by atoms with E-state index in [0.717, 1.165) is 19.3 Å². The Morgan fingerprint density at radius 1 is 0.596 bits per heavy atom. The van der Waals surface area contributed by atoms with Gasteiger partial charge >= 0.3 is 0 Å². The first-order chi connectivity index (χ1) is 23.1. The standard InChI is InChI=1S/C45H38N2/c1-45(2)41-29-35(46(33-15-7-4-8-16-33)34-23-21-32(22-24-34)31-13-5-3-6-14-31)25-27-37(41)38-28-26-36(30-42(38)45)47-43-19-11-9-17-39(43)40-18-10-12-20-44(40)47/h3-24,26,28-29,42H,25,27,30H2,1-2H3. The van der Waals surface area contributed by atoms with Gasteiger partial charge in [0.15, 0.2) is 0 Å². The number of anilines is 2. The first-order valence-electron chi connectivity index (χ1n) is 16.9. The molecule has 0 amide bonds. The van der Waals surface area contributed by atoms with Gasteiger partial charge in [0, 0.05) is 33.5 Å². The van der Waals surface area contributed by atoms with Crippen LogP contribution < -0.4 is 4.90 Å². The summed E-state index contributed by atoms with van der Waals surface area (Å²) in [7, 11) is 0. The highest BCUT2D eigenvalue weighted by molar-refractivity contribution is 6.10. The maximum Gasteiger partial charge on any atom is 0.0537 e. The van der Waals surface area contributed by atoms with Gasteiger partial charge in [-0.05, 0) is 107 Å². The predicted octanol–water partition coefficient (Wildman–Crippen LogP) is 12.1. The molecule has 0 saturated carbocycles. The highest BCUT2D eigenvalue weighted by atomic mass is 15.1. The van der Waals surface area contributed by atoms with E-state index >= 15 is 0 Å². The lowest BCUT2D eigenvalue weighted by Gasteiger charge is -2.34. The molecule has 2 heteroatoms. The van der Waals surface area contributed by atoms with Crippen LogP contribution in [0.5, 0.6) is 0 Å². The van der Waals surface area contributed by atoms with Crippen LogP contribution >= 0.6 is 0 Å². The molecule has 0 spiro atoms. The van der Waals surface area contributed by atoms with Crippen molar-refractivity contribution in [2.45, 2.75) is 33.1 Å². The largest absolute Gasteiger partial charge is 0.314 e. The summed E-state index contributed by atoms with van der Waals surface area (Å²) in [5.74, 6) is 0.443. The lowest BCUT2D eigenvalue weighted by Crippen LogP contribution is -2.25. The Morgan fingerprint density at radius 2 is 1.17 bits per heavy atom. The lowest BCUT2D eigenvalue weighted by atomic mass is 9.72. The van der Waals surface area contributed by atoms with E-state index in [1.165, 1.54) is 61.3 Å².